The maximum absolute atomic E-state index is 12.5. The van der Waals surface area contributed by atoms with Crippen molar-refractivity contribution in [1.29, 1.82) is 5.26 Å². The maximum atomic E-state index is 12.5. The highest BCUT2D eigenvalue weighted by atomic mass is 16.2. The summed E-state index contributed by atoms with van der Waals surface area (Å²) >= 11 is 0. The fourth-order valence-electron chi connectivity index (χ4n) is 4.18. The first-order chi connectivity index (χ1) is 13.3. The monoisotopic (exact) mass is 388 g/mol. The standard InChI is InChI=1S/C19H28N6O3/c1-13(16(26)21-14-6-4-5-7-14)24-8-10-25(11-9-24)17-15(12-20)18(27)23(3)19(28)22(17)2/h13-14H,4-11H2,1-3H3,(H,21,26). The minimum absolute atomic E-state index is 0.0231. The van der Waals surface area contributed by atoms with Crippen molar-refractivity contribution in [1.82, 2.24) is 19.4 Å². The summed E-state index contributed by atoms with van der Waals surface area (Å²) in [6.45, 7) is 4.22. The first-order valence-corrected chi connectivity index (χ1v) is 9.84. The molecule has 1 aliphatic carbocycles. The Morgan fingerprint density at radius 1 is 1.11 bits per heavy atom. The number of nitrogens with one attached hydrogen (secondary N) is 1. The van der Waals surface area contributed by atoms with E-state index in [0.29, 0.717) is 38.0 Å². The van der Waals surface area contributed by atoms with E-state index in [-0.39, 0.29) is 17.5 Å². The summed E-state index contributed by atoms with van der Waals surface area (Å²) in [5.74, 6) is 0.414. The minimum Gasteiger partial charge on any atom is -0.354 e. The lowest BCUT2D eigenvalue weighted by Crippen LogP contribution is -2.56. The molecule has 0 radical (unpaired) electrons. The first kappa shape index (κ1) is 20.1. The first-order valence-electron chi connectivity index (χ1n) is 9.84. The molecule has 1 aromatic heterocycles. The minimum atomic E-state index is -0.577. The molecule has 3 rings (SSSR count). The van der Waals surface area contributed by atoms with Gasteiger partial charge in [-0.3, -0.25) is 23.6 Å². The van der Waals surface area contributed by atoms with Crippen LogP contribution in [0.15, 0.2) is 9.59 Å². The zero-order chi connectivity index (χ0) is 20.4. The summed E-state index contributed by atoms with van der Waals surface area (Å²) in [6.07, 6.45) is 4.46. The second kappa shape index (κ2) is 8.19. The molecule has 1 aliphatic heterocycles. The molecular weight excluding hydrogens is 360 g/mol. The molecule has 0 spiro atoms. The third kappa shape index (κ3) is 3.69. The number of carbonyl (C=O) groups is 1. The zero-order valence-corrected chi connectivity index (χ0v) is 16.8. The molecule has 1 N–H and O–H groups in total. The summed E-state index contributed by atoms with van der Waals surface area (Å²) in [7, 11) is 2.94. The van der Waals surface area contributed by atoms with Gasteiger partial charge in [0.05, 0.1) is 6.04 Å². The third-order valence-corrected chi connectivity index (χ3v) is 5.99. The Kier molecular flexibility index (Phi) is 5.89. The fraction of sp³-hybridized carbons (Fsp3) is 0.684. The number of aromatic nitrogens is 2. The molecule has 152 valence electrons. The Morgan fingerprint density at radius 3 is 2.29 bits per heavy atom. The maximum Gasteiger partial charge on any atom is 0.332 e. The van der Waals surface area contributed by atoms with Crippen molar-refractivity contribution in [2.75, 3.05) is 31.1 Å². The van der Waals surface area contributed by atoms with Gasteiger partial charge in [0, 0.05) is 46.3 Å². The molecule has 1 saturated carbocycles. The molecule has 2 aliphatic rings. The van der Waals surface area contributed by atoms with Crippen LogP contribution in [0.5, 0.6) is 0 Å². The van der Waals surface area contributed by atoms with Crippen LogP contribution in [0.1, 0.15) is 38.2 Å². The molecule has 1 saturated heterocycles. The molecule has 1 atom stereocenters. The second-order valence-electron chi connectivity index (χ2n) is 7.71. The van der Waals surface area contributed by atoms with Crippen LogP contribution in [0, 0.1) is 11.3 Å². The van der Waals surface area contributed by atoms with Crippen molar-refractivity contribution in [2.45, 2.75) is 44.7 Å². The van der Waals surface area contributed by atoms with Crippen molar-refractivity contribution >= 4 is 11.7 Å². The van der Waals surface area contributed by atoms with Crippen LogP contribution < -0.4 is 21.5 Å². The summed E-state index contributed by atoms with van der Waals surface area (Å²) < 4.78 is 2.31. The van der Waals surface area contributed by atoms with Crippen LogP contribution in [0.3, 0.4) is 0 Å². The second-order valence-corrected chi connectivity index (χ2v) is 7.71. The number of hydrogen-bond acceptors (Lipinski definition) is 6. The smallest absolute Gasteiger partial charge is 0.332 e. The fourth-order valence-corrected chi connectivity index (χ4v) is 4.18. The van der Waals surface area contributed by atoms with Gasteiger partial charge in [-0.1, -0.05) is 12.8 Å². The Bertz CT molecular complexity index is 898. The van der Waals surface area contributed by atoms with Crippen molar-refractivity contribution in [2.24, 2.45) is 14.1 Å². The van der Waals surface area contributed by atoms with E-state index >= 15 is 0 Å². The number of rotatable bonds is 4. The predicted octanol–water partition coefficient (Wildman–Crippen LogP) is -0.475. The topological polar surface area (TPSA) is 103 Å². The van der Waals surface area contributed by atoms with E-state index in [4.69, 9.17) is 0 Å². The number of piperazine rings is 1. The van der Waals surface area contributed by atoms with Gasteiger partial charge in [0.1, 0.15) is 11.9 Å². The average molecular weight is 388 g/mol. The van der Waals surface area contributed by atoms with Crippen molar-refractivity contribution in [3.05, 3.63) is 26.4 Å². The van der Waals surface area contributed by atoms with Crippen LogP contribution in [0.2, 0.25) is 0 Å². The number of amides is 1. The number of nitriles is 1. The molecule has 1 aromatic rings. The molecule has 9 heteroatoms. The SMILES string of the molecule is CC(C(=O)NC1CCCC1)N1CCN(c2c(C#N)c(=O)n(C)c(=O)n2C)CC1. The van der Waals surface area contributed by atoms with Crippen molar-refractivity contribution in [3.63, 3.8) is 0 Å². The zero-order valence-electron chi connectivity index (χ0n) is 16.8. The largest absolute Gasteiger partial charge is 0.354 e. The Labute approximate surface area is 164 Å². The Balaban J connectivity index is 1.70. The number of carbonyl (C=O) groups excluding carboxylic acids is 1. The lowest BCUT2D eigenvalue weighted by atomic mass is 10.1. The number of nitrogens with zero attached hydrogens (tertiary/aromatic N) is 5. The van der Waals surface area contributed by atoms with Gasteiger partial charge in [-0.25, -0.2) is 4.79 Å². The van der Waals surface area contributed by atoms with Crippen LogP contribution in [0.4, 0.5) is 5.82 Å². The van der Waals surface area contributed by atoms with E-state index in [9.17, 15) is 19.6 Å². The van der Waals surface area contributed by atoms with Crippen LogP contribution in [0.25, 0.3) is 0 Å². The summed E-state index contributed by atoms with van der Waals surface area (Å²) in [5, 5.41) is 12.6. The summed E-state index contributed by atoms with van der Waals surface area (Å²) in [5.41, 5.74) is -1.05. The van der Waals surface area contributed by atoms with Gasteiger partial charge in [-0.2, -0.15) is 5.26 Å². The van der Waals surface area contributed by atoms with Crippen molar-refractivity contribution < 1.29 is 4.79 Å². The molecular formula is C19H28N6O3. The molecule has 0 aromatic carbocycles. The van der Waals surface area contributed by atoms with E-state index in [2.05, 4.69) is 10.2 Å². The molecule has 2 heterocycles. The van der Waals surface area contributed by atoms with Crippen LogP contribution in [-0.4, -0.2) is 58.2 Å². The number of anilines is 1. The van der Waals surface area contributed by atoms with Gasteiger partial charge in [0.25, 0.3) is 5.56 Å². The van der Waals surface area contributed by atoms with Gasteiger partial charge in [-0.05, 0) is 19.8 Å². The lowest BCUT2D eigenvalue weighted by Gasteiger charge is -2.39. The normalized spacial score (nSPS) is 19.4. The van der Waals surface area contributed by atoms with Gasteiger partial charge in [-0.15, -0.1) is 0 Å². The quantitative estimate of drug-likeness (QED) is 0.748. The number of hydrogen-bond donors (Lipinski definition) is 1. The van der Waals surface area contributed by atoms with E-state index < -0.39 is 11.2 Å². The van der Waals surface area contributed by atoms with Crippen molar-refractivity contribution in [3.8, 4) is 6.07 Å². The molecule has 0 bridgehead atoms. The highest BCUT2D eigenvalue weighted by Crippen LogP contribution is 2.20. The van der Waals surface area contributed by atoms with E-state index in [1.165, 1.54) is 24.5 Å². The lowest BCUT2D eigenvalue weighted by molar-refractivity contribution is -0.126. The van der Waals surface area contributed by atoms with Gasteiger partial charge < -0.3 is 10.2 Å². The van der Waals surface area contributed by atoms with Gasteiger partial charge in [0.15, 0.2) is 5.56 Å². The highest BCUT2D eigenvalue weighted by Gasteiger charge is 2.30. The molecule has 28 heavy (non-hydrogen) atoms. The van der Waals surface area contributed by atoms with E-state index in [1.54, 1.807) is 7.05 Å². The average Bonchev–Trinajstić information content (AvgIpc) is 3.21. The predicted molar refractivity (Wildman–Crippen MR) is 105 cm³/mol. The van der Waals surface area contributed by atoms with E-state index in [1.807, 2.05) is 17.9 Å². The Hall–Kier alpha value is -2.60. The van der Waals surface area contributed by atoms with Crippen LogP contribution in [-0.2, 0) is 18.9 Å². The summed E-state index contributed by atoms with van der Waals surface area (Å²) in [4.78, 5) is 41.1. The third-order valence-electron chi connectivity index (χ3n) is 5.99. The molecule has 1 amide bonds. The van der Waals surface area contributed by atoms with E-state index in [0.717, 1.165) is 17.4 Å². The summed E-state index contributed by atoms with van der Waals surface area (Å²) in [6, 6.07) is 2.02. The van der Waals surface area contributed by atoms with Gasteiger partial charge in [0.2, 0.25) is 5.91 Å². The highest BCUT2D eigenvalue weighted by molar-refractivity contribution is 5.81. The van der Waals surface area contributed by atoms with Gasteiger partial charge >= 0.3 is 5.69 Å². The molecule has 9 nitrogen and oxygen atoms in total. The Morgan fingerprint density at radius 2 is 1.71 bits per heavy atom. The molecule has 1 unspecified atom stereocenters. The molecule has 2 fully saturated rings. The van der Waals surface area contributed by atoms with Crippen LogP contribution >= 0.6 is 0 Å².